The fraction of sp³-hybridized carbons (Fsp3) is 0.105. The molecule has 3 aromatic rings. The van der Waals surface area contributed by atoms with Gasteiger partial charge < -0.3 is 10.6 Å². The van der Waals surface area contributed by atoms with E-state index in [1.165, 1.54) is 0 Å². The van der Waals surface area contributed by atoms with E-state index in [9.17, 15) is 18.0 Å². The van der Waals surface area contributed by atoms with Crippen LogP contribution in [0.5, 0.6) is 0 Å². The number of nitrogens with zero attached hydrogens (tertiary/aromatic N) is 2. The molecule has 2 N–H and O–H groups in total. The third-order valence-corrected chi connectivity index (χ3v) is 3.70. The number of nitrogens with one attached hydrogen (secondary N) is 2. The van der Waals surface area contributed by atoms with Gasteiger partial charge >= 0.3 is 6.18 Å². The van der Waals surface area contributed by atoms with Gasteiger partial charge in [-0.05, 0) is 42.0 Å². The summed E-state index contributed by atoms with van der Waals surface area (Å²) < 4.78 is 37.7. The van der Waals surface area contributed by atoms with Gasteiger partial charge in [-0.15, -0.1) is 10.2 Å². The van der Waals surface area contributed by atoms with Crippen LogP contribution in [0.25, 0.3) is 0 Å². The smallest absolute Gasteiger partial charge is 0.365 e. The van der Waals surface area contributed by atoms with Crippen molar-refractivity contribution in [3.05, 3.63) is 83.4 Å². The maximum atomic E-state index is 12.6. The molecule has 0 bridgehead atoms. The van der Waals surface area contributed by atoms with Gasteiger partial charge in [0, 0.05) is 12.1 Å². The van der Waals surface area contributed by atoms with E-state index in [-0.39, 0.29) is 11.4 Å². The number of carbonyl (C=O) groups excluding carboxylic acids is 1. The molecule has 8 heteroatoms. The third kappa shape index (κ3) is 5.04. The van der Waals surface area contributed by atoms with Gasteiger partial charge in [0.2, 0.25) is 0 Å². The molecule has 138 valence electrons. The maximum Gasteiger partial charge on any atom is 0.416 e. The van der Waals surface area contributed by atoms with Crippen LogP contribution in [0.15, 0.2) is 66.7 Å². The molecule has 0 spiro atoms. The van der Waals surface area contributed by atoms with Gasteiger partial charge in [0.1, 0.15) is 5.82 Å². The van der Waals surface area contributed by atoms with Gasteiger partial charge in [-0.1, -0.05) is 30.3 Å². The molecule has 0 saturated heterocycles. The van der Waals surface area contributed by atoms with E-state index in [2.05, 4.69) is 20.8 Å². The van der Waals surface area contributed by atoms with Crippen molar-refractivity contribution in [2.24, 2.45) is 0 Å². The average Bonchev–Trinajstić information content (AvgIpc) is 2.68. The lowest BCUT2D eigenvalue weighted by atomic mass is 10.1. The van der Waals surface area contributed by atoms with Gasteiger partial charge in [0.15, 0.2) is 5.82 Å². The summed E-state index contributed by atoms with van der Waals surface area (Å²) in [6.07, 6.45) is -4.44. The van der Waals surface area contributed by atoms with Gasteiger partial charge in [0.25, 0.3) is 5.91 Å². The molecule has 0 aliphatic carbocycles. The summed E-state index contributed by atoms with van der Waals surface area (Å²) in [4.78, 5) is 12.1. The van der Waals surface area contributed by atoms with E-state index >= 15 is 0 Å². The molecule has 0 fully saturated rings. The Bertz CT molecular complexity index is 895. The van der Waals surface area contributed by atoms with Crippen LogP contribution in [0.3, 0.4) is 0 Å². The summed E-state index contributed by atoms with van der Waals surface area (Å²) in [6.45, 7) is 0.576. The average molecular weight is 372 g/mol. The zero-order chi connectivity index (χ0) is 19.3. The fourth-order valence-electron chi connectivity index (χ4n) is 2.28. The molecule has 27 heavy (non-hydrogen) atoms. The zero-order valence-corrected chi connectivity index (χ0v) is 14.0. The first-order valence-electron chi connectivity index (χ1n) is 8.02. The summed E-state index contributed by atoms with van der Waals surface area (Å²) in [5.41, 5.74) is 0.364. The molecule has 0 aliphatic heterocycles. The summed E-state index contributed by atoms with van der Waals surface area (Å²) in [5, 5.41) is 13.4. The van der Waals surface area contributed by atoms with Crippen LogP contribution in [0, 0.1) is 0 Å². The Labute approximate surface area is 153 Å². The standard InChI is InChI=1S/C19H15F3N4O/c20-19(21,22)15-8-6-14(7-9-15)18(27)24-17-11-10-16(25-26-17)23-12-13-4-2-1-3-5-13/h1-11H,12H2,(H,23,25)(H,24,26,27). The first-order valence-corrected chi connectivity index (χ1v) is 8.02. The normalized spacial score (nSPS) is 11.1. The molecule has 1 heterocycles. The highest BCUT2D eigenvalue weighted by Crippen LogP contribution is 2.29. The number of amides is 1. The molecule has 1 amide bonds. The lowest BCUT2D eigenvalue weighted by molar-refractivity contribution is -0.137. The highest BCUT2D eigenvalue weighted by Gasteiger charge is 2.30. The minimum atomic E-state index is -4.44. The second-order valence-electron chi connectivity index (χ2n) is 5.67. The maximum absolute atomic E-state index is 12.6. The second-order valence-corrected chi connectivity index (χ2v) is 5.67. The Morgan fingerprint density at radius 1 is 0.852 bits per heavy atom. The van der Waals surface area contributed by atoms with Crippen molar-refractivity contribution in [2.75, 3.05) is 10.6 Å². The minimum absolute atomic E-state index is 0.0936. The van der Waals surface area contributed by atoms with E-state index in [0.29, 0.717) is 12.4 Å². The van der Waals surface area contributed by atoms with Crippen LogP contribution in [-0.4, -0.2) is 16.1 Å². The van der Waals surface area contributed by atoms with Crippen LogP contribution in [0.4, 0.5) is 24.8 Å². The molecule has 0 aliphatic rings. The first kappa shape index (κ1) is 18.4. The number of hydrogen-bond acceptors (Lipinski definition) is 4. The lowest BCUT2D eigenvalue weighted by Gasteiger charge is -2.08. The van der Waals surface area contributed by atoms with Gasteiger partial charge in [0.05, 0.1) is 5.56 Å². The number of anilines is 2. The minimum Gasteiger partial charge on any atom is -0.365 e. The van der Waals surface area contributed by atoms with Gasteiger partial charge in [-0.3, -0.25) is 4.79 Å². The van der Waals surface area contributed by atoms with Crippen LogP contribution >= 0.6 is 0 Å². The largest absolute Gasteiger partial charge is 0.416 e. The van der Waals surface area contributed by atoms with Crippen molar-refractivity contribution in [1.29, 1.82) is 0 Å². The Morgan fingerprint density at radius 2 is 1.48 bits per heavy atom. The molecule has 3 rings (SSSR count). The van der Waals surface area contributed by atoms with Gasteiger partial charge in [-0.25, -0.2) is 0 Å². The summed E-state index contributed by atoms with van der Waals surface area (Å²) in [5.74, 6) is 0.166. The molecule has 0 saturated carbocycles. The Kier molecular flexibility index (Phi) is 5.35. The van der Waals surface area contributed by atoms with Crippen molar-refractivity contribution in [3.8, 4) is 0 Å². The number of halogens is 3. The highest BCUT2D eigenvalue weighted by atomic mass is 19.4. The van der Waals surface area contributed by atoms with E-state index < -0.39 is 17.6 Å². The summed E-state index contributed by atoms with van der Waals surface area (Å²) in [7, 11) is 0. The van der Waals surface area contributed by atoms with Crippen molar-refractivity contribution >= 4 is 17.5 Å². The Hall–Kier alpha value is -3.42. The van der Waals surface area contributed by atoms with Gasteiger partial charge in [-0.2, -0.15) is 13.2 Å². The monoisotopic (exact) mass is 372 g/mol. The zero-order valence-electron chi connectivity index (χ0n) is 14.0. The number of hydrogen-bond donors (Lipinski definition) is 2. The predicted molar refractivity (Wildman–Crippen MR) is 95.2 cm³/mol. The molecule has 0 radical (unpaired) electrons. The number of benzene rings is 2. The van der Waals surface area contributed by atoms with Crippen LogP contribution in [0.2, 0.25) is 0 Å². The van der Waals surface area contributed by atoms with Crippen molar-refractivity contribution in [3.63, 3.8) is 0 Å². The second kappa shape index (κ2) is 7.86. The SMILES string of the molecule is O=C(Nc1ccc(NCc2ccccc2)nn1)c1ccc(C(F)(F)F)cc1. The molecule has 2 aromatic carbocycles. The molecule has 5 nitrogen and oxygen atoms in total. The first-order chi connectivity index (χ1) is 12.9. The predicted octanol–water partition coefficient (Wildman–Crippen LogP) is 4.36. The van der Waals surface area contributed by atoms with E-state index in [1.54, 1.807) is 12.1 Å². The molecule has 1 aromatic heterocycles. The van der Waals surface area contributed by atoms with Crippen LogP contribution in [-0.2, 0) is 12.7 Å². The quantitative estimate of drug-likeness (QED) is 0.698. The Morgan fingerprint density at radius 3 is 2.07 bits per heavy atom. The number of alkyl halides is 3. The Balaban J connectivity index is 1.58. The molecular formula is C19H15F3N4O. The van der Waals surface area contributed by atoms with Crippen molar-refractivity contribution in [2.45, 2.75) is 12.7 Å². The third-order valence-electron chi connectivity index (χ3n) is 3.70. The lowest BCUT2D eigenvalue weighted by Crippen LogP contribution is -2.14. The molecular weight excluding hydrogens is 357 g/mol. The van der Waals surface area contributed by atoms with E-state index in [0.717, 1.165) is 29.8 Å². The molecule has 0 atom stereocenters. The van der Waals surface area contributed by atoms with Crippen molar-refractivity contribution < 1.29 is 18.0 Å². The highest BCUT2D eigenvalue weighted by molar-refractivity contribution is 6.03. The van der Waals surface area contributed by atoms with Crippen molar-refractivity contribution in [1.82, 2.24) is 10.2 Å². The van der Waals surface area contributed by atoms with Crippen LogP contribution < -0.4 is 10.6 Å². The molecule has 0 unspecified atom stereocenters. The fourth-order valence-corrected chi connectivity index (χ4v) is 2.28. The number of rotatable bonds is 5. The summed E-state index contributed by atoms with van der Waals surface area (Å²) in [6, 6.07) is 16.9. The summed E-state index contributed by atoms with van der Waals surface area (Å²) >= 11 is 0. The topological polar surface area (TPSA) is 66.9 Å². The van der Waals surface area contributed by atoms with Crippen LogP contribution in [0.1, 0.15) is 21.5 Å². The van der Waals surface area contributed by atoms with E-state index in [1.807, 2.05) is 30.3 Å². The van der Waals surface area contributed by atoms with E-state index in [4.69, 9.17) is 0 Å². The number of carbonyl (C=O) groups is 1. The number of aromatic nitrogens is 2.